The van der Waals surface area contributed by atoms with Gasteiger partial charge in [-0.05, 0) is 61.7 Å². The molecule has 4 heteroatoms. The number of rotatable bonds is 9. The lowest BCUT2D eigenvalue weighted by atomic mass is 9.44. The van der Waals surface area contributed by atoms with E-state index in [1.807, 2.05) is 6.92 Å². The van der Waals surface area contributed by atoms with Gasteiger partial charge >= 0.3 is 5.97 Å². The maximum atomic E-state index is 12.0. The number of aliphatic carboxylic acids is 1. The quantitative estimate of drug-likeness (QED) is 0.491. The van der Waals surface area contributed by atoms with Crippen molar-refractivity contribution in [1.29, 1.82) is 0 Å². The van der Waals surface area contributed by atoms with Gasteiger partial charge in [-0.3, -0.25) is 9.59 Å². The minimum absolute atomic E-state index is 0.192. The molecule has 3 aliphatic rings. The van der Waals surface area contributed by atoms with Gasteiger partial charge in [0.1, 0.15) is 0 Å². The van der Waals surface area contributed by atoms with Gasteiger partial charge in [-0.1, -0.05) is 32.9 Å². The Kier molecular flexibility index (Phi) is 6.47. The number of carboxylic acids is 1. The summed E-state index contributed by atoms with van der Waals surface area (Å²) < 4.78 is 0. The summed E-state index contributed by atoms with van der Waals surface area (Å²) in [4.78, 5) is 22.6. The number of allylic oxidation sites excluding steroid dienone is 2. The number of carbonyl (C=O) groups excluding carboxylic acids is 1. The lowest BCUT2D eigenvalue weighted by Crippen LogP contribution is -2.61. The van der Waals surface area contributed by atoms with Crippen LogP contribution < -0.4 is 5.32 Å². The van der Waals surface area contributed by atoms with Crippen LogP contribution in [0.1, 0.15) is 72.1 Å². The summed E-state index contributed by atoms with van der Waals surface area (Å²) in [6.45, 7) is 6.79. The molecule has 3 fully saturated rings. The topological polar surface area (TPSA) is 66.4 Å². The summed E-state index contributed by atoms with van der Waals surface area (Å²) in [5, 5.41) is 12.0. The van der Waals surface area contributed by atoms with Crippen molar-refractivity contribution in [3.8, 4) is 0 Å². The molecule has 0 radical (unpaired) electrons. The summed E-state index contributed by atoms with van der Waals surface area (Å²) in [6, 6.07) is 0.310. The van der Waals surface area contributed by atoms with Gasteiger partial charge in [0.05, 0.1) is 0 Å². The summed E-state index contributed by atoms with van der Waals surface area (Å²) in [6.07, 6.45) is 11.0. The highest BCUT2D eigenvalue weighted by molar-refractivity contribution is 5.76. The van der Waals surface area contributed by atoms with E-state index in [0.29, 0.717) is 36.1 Å². The molecule has 3 saturated carbocycles. The van der Waals surface area contributed by atoms with Gasteiger partial charge in [0.15, 0.2) is 0 Å². The minimum atomic E-state index is -0.725. The number of hydrogen-bond acceptors (Lipinski definition) is 2. The molecule has 0 heterocycles. The van der Waals surface area contributed by atoms with Crippen LogP contribution in [0.3, 0.4) is 0 Å². The van der Waals surface area contributed by atoms with E-state index in [0.717, 1.165) is 31.6 Å². The highest BCUT2D eigenvalue weighted by Gasteiger charge is 2.57. The number of carbonyl (C=O) groups is 2. The molecule has 4 nitrogen and oxygen atoms in total. The van der Waals surface area contributed by atoms with E-state index in [-0.39, 0.29) is 12.3 Å². The van der Waals surface area contributed by atoms with Crippen molar-refractivity contribution in [1.82, 2.24) is 5.32 Å². The fourth-order valence-corrected chi connectivity index (χ4v) is 4.69. The molecular weight excluding hydrogens is 302 g/mol. The lowest BCUT2D eigenvalue weighted by molar-refractivity contribution is -0.137. The molecule has 0 aromatic rings. The van der Waals surface area contributed by atoms with Gasteiger partial charge in [-0.15, -0.1) is 0 Å². The van der Waals surface area contributed by atoms with Gasteiger partial charge in [0.2, 0.25) is 5.91 Å². The second kappa shape index (κ2) is 8.17. The van der Waals surface area contributed by atoms with E-state index in [9.17, 15) is 9.59 Å². The van der Waals surface area contributed by atoms with Crippen LogP contribution in [-0.4, -0.2) is 23.0 Å². The first-order chi connectivity index (χ1) is 11.4. The first-order valence-electron chi connectivity index (χ1n) is 9.52. The first kappa shape index (κ1) is 19.0. The van der Waals surface area contributed by atoms with Crippen molar-refractivity contribution >= 4 is 11.9 Å². The van der Waals surface area contributed by atoms with Crippen LogP contribution in [0.5, 0.6) is 0 Å². The molecule has 4 atom stereocenters. The van der Waals surface area contributed by atoms with Crippen LogP contribution in [0.4, 0.5) is 0 Å². The van der Waals surface area contributed by atoms with Crippen LogP contribution in [0.25, 0.3) is 0 Å². The third-order valence-electron chi connectivity index (χ3n) is 6.28. The van der Waals surface area contributed by atoms with E-state index in [1.165, 1.54) is 6.42 Å². The number of nitrogens with one attached hydrogen (secondary N) is 1. The standard InChI is InChI=1S/C20H33NO3/c1-4-9-18(22)21-17-13-14-12-16(20(14,2)3)15(17)10-7-5-6-8-11-19(23)24/h5,7,14-17H,4,6,8-13H2,1-3H3,(H,21,22)(H,23,24)/b7-5-/t14-,15-,16+,17-/m0/s1. The summed E-state index contributed by atoms with van der Waals surface area (Å²) in [5.74, 6) is 1.41. The molecule has 0 spiro atoms. The normalized spacial score (nSPS) is 30.8. The van der Waals surface area contributed by atoms with Gasteiger partial charge in [0.25, 0.3) is 0 Å². The van der Waals surface area contributed by atoms with E-state index in [1.54, 1.807) is 0 Å². The van der Waals surface area contributed by atoms with E-state index < -0.39 is 5.97 Å². The smallest absolute Gasteiger partial charge is 0.303 e. The van der Waals surface area contributed by atoms with Crippen molar-refractivity contribution < 1.29 is 14.7 Å². The maximum absolute atomic E-state index is 12.0. The van der Waals surface area contributed by atoms with Crippen molar-refractivity contribution in [2.75, 3.05) is 0 Å². The van der Waals surface area contributed by atoms with E-state index >= 15 is 0 Å². The lowest BCUT2D eigenvalue weighted by Gasteiger charge is -2.62. The molecular formula is C20H33NO3. The highest BCUT2D eigenvalue weighted by atomic mass is 16.4. The summed E-state index contributed by atoms with van der Waals surface area (Å²) in [5.41, 5.74) is 0.397. The zero-order valence-corrected chi connectivity index (χ0v) is 15.4. The zero-order valence-electron chi connectivity index (χ0n) is 15.4. The molecule has 2 N–H and O–H groups in total. The molecule has 0 saturated heterocycles. The molecule has 3 aliphatic carbocycles. The number of amides is 1. The SMILES string of the molecule is CCCC(=O)N[C@H]1C[C@@H]2C[C@H]([C@@H]1C/C=C\CCCC(=O)O)C2(C)C. The zero-order chi connectivity index (χ0) is 17.7. The highest BCUT2D eigenvalue weighted by Crippen LogP contribution is 2.62. The molecule has 0 unspecified atom stereocenters. The van der Waals surface area contributed by atoms with Crippen molar-refractivity contribution in [2.45, 2.75) is 78.2 Å². The number of fused-ring (bicyclic) bond motifs is 2. The second-order valence-electron chi connectivity index (χ2n) is 8.18. The van der Waals surface area contributed by atoms with Gasteiger partial charge in [0, 0.05) is 18.9 Å². The van der Waals surface area contributed by atoms with E-state index in [4.69, 9.17) is 5.11 Å². The largest absolute Gasteiger partial charge is 0.481 e. The van der Waals surface area contributed by atoms with Gasteiger partial charge in [-0.2, -0.15) is 0 Å². The predicted molar refractivity (Wildman–Crippen MR) is 95.6 cm³/mol. The van der Waals surface area contributed by atoms with Crippen molar-refractivity contribution in [3.05, 3.63) is 12.2 Å². The average Bonchev–Trinajstić information content (AvgIpc) is 2.51. The monoisotopic (exact) mass is 335 g/mol. The minimum Gasteiger partial charge on any atom is -0.481 e. The van der Waals surface area contributed by atoms with Crippen molar-refractivity contribution in [3.63, 3.8) is 0 Å². The van der Waals surface area contributed by atoms with Gasteiger partial charge < -0.3 is 10.4 Å². The number of carboxylic acid groups (broad SMARTS) is 1. The van der Waals surface area contributed by atoms with Crippen LogP contribution in [0, 0.1) is 23.2 Å². The van der Waals surface area contributed by atoms with Crippen LogP contribution in [0.2, 0.25) is 0 Å². The first-order valence-corrected chi connectivity index (χ1v) is 9.52. The third kappa shape index (κ3) is 4.40. The van der Waals surface area contributed by atoms with E-state index in [2.05, 4.69) is 31.3 Å². The van der Waals surface area contributed by atoms with Gasteiger partial charge in [-0.25, -0.2) is 0 Å². The molecule has 136 valence electrons. The molecule has 1 amide bonds. The molecule has 3 rings (SSSR count). The number of unbranched alkanes of at least 4 members (excludes halogenated alkanes) is 1. The van der Waals surface area contributed by atoms with Crippen molar-refractivity contribution in [2.24, 2.45) is 23.2 Å². The predicted octanol–water partition coefficient (Wildman–Crippen LogP) is 4.15. The molecule has 0 aromatic heterocycles. The molecule has 2 bridgehead atoms. The fourth-order valence-electron chi connectivity index (χ4n) is 4.69. The van der Waals surface area contributed by atoms with Crippen LogP contribution >= 0.6 is 0 Å². The molecule has 0 aromatic carbocycles. The summed E-state index contributed by atoms with van der Waals surface area (Å²) >= 11 is 0. The fraction of sp³-hybridized carbons (Fsp3) is 0.800. The third-order valence-corrected chi connectivity index (χ3v) is 6.28. The average molecular weight is 335 g/mol. The Labute approximate surface area is 146 Å². The Morgan fingerprint density at radius 2 is 1.96 bits per heavy atom. The van der Waals surface area contributed by atoms with Crippen LogP contribution in [-0.2, 0) is 9.59 Å². The Morgan fingerprint density at radius 1 is 1.21 bits per heavy atom. The second-order valence-corrected chi connectivity index (χ2v) is 8.18. The molecule has 0 aliphatic heterocycles. The van der Waals surface area contributed by atoms with Crippen LogP contribution in [0.15, 0.2) is 12.2 Å². The Balaban J connectivity index is 1.89. The Hall–Kier alpha value is -1.32. The maximum Gasteiger partial charge on any atom is 0.303 e. The number of hydrogen-bond donors (Lipinski definition) is 2. The molecule has 24 heavy (non-hydrogen) atoms. The Bertz CT molecular complexity index is 483. The summed E-state index contributed by atoms with van der Waals surface area (Å²) in [7, 11) is 0. The Morgan fingerprint density at radius 3 is 2.58 bits per heavy atom.